The summed E-state index contributed by atoms with van der Waals surface area (Å²) in [4.78, 5) is 11.0. The maximum Gasteiger partial charge on any atom is 0.343 e. The largest absolute Gasteiger partial charge is 0.481 e. The molecule has 1 aromatic rings. The lowest BCUT2D eigenvalue weighted by atomic mass is 10.2. The number of rotatable bonds is 4. The lowest BCUT2D eigenvalue weighted by molar-refractivity contribution is -0.142. The van der Waals surface area contributed by atoms with Gasteiger partial charge in [-0.25, -0.2) is 4.79 Å². The van der Waals surface area contributed by atoms with E-state index in [0.717, 1.165) is 0 Å². The summed E-state index contributed by atoms with van der Waals surface area (Å²) in [7, 11) is 1.28. The van der Waals surface area contributed by atoms with Crippen molar-refractivity contribution in [3.8, 4) is 17.2 Å². The van der Waals surface area contributed by atoms with E-state index in [1.807, 2.05) is 0 Å². The summed E-state index contributed by atoms with van der Waals surface area (Å²) in [5.41, 5.74) is 0.526. The Kier molecular flexibility index (Phi) is 3.34. The van der Waals surface area contributed by atoms with E-state index in [-0.39, 0.29) is 20.0 Å². The van der Waals surface area contributed by atoms with Gasteiger partial charge in [-0.05, 0) is 6.07 Å². The molecule has 17 heavy (non-hydrogen) atoms. The maximum atomic E-state index is 11.0. The molecule has 2 rings (SSSR count). The third kappa shape index (κ3) is 2.42. The highest BCUT2D eigenvalue weighted by molar-refractivity contribution is 5.71. The molecule has 0 unspecified atom stereocenters. The molecule has 0 aliphatic carbocycles. The van der Waals surface area contributed by atoms with Gasteiger partial charge in [0.05, 0.1) is 13.7 Å². The summed E-state index contributed by atoms with van der Waals surface area (Å²) in [5.74, 6) is 0.968. The summed E-state index contributed by atoms with van der Waals surface area (Å²) < 4.78 is 20.0. The average molecular weight is 240 g/mol. The van der Waals surface area contributed by atoms with Crippen molar-refractivity contribution in [2.75, 3.05) is 20.5 Å². The number of hydrogen-bond donors (Lipinski definition) is 1. The molecule has 92 valence electrons. The zero-order chi connectivity index (χ0) is 12.3. The van der Waals surface area contributed by atoms with Gasteiger partial charge >= 0.3 is 5.97 Å². The molecule has 0 saturated heterocycles. The van der Waals surface area contributed by atoms with Crippen LogP contribution in [0, 0.1) is 0 Å². The first-order valence-electron chi connectivity index (χ1n) is 4.97. The van der Waals surface area contributed by atoms with Crippen molar-refractivity contribution in [3.05, 3.63) is 17.7 Å². The molecule has 1 heterocycles. The number of aliphatic hydroxyl groups is 1. The summed E-state index contributed by atoms with van der Waals surface area (Å²) in [6, 6.07) is 3.20. The van der Waals surface area contributed by atoms with Gasteiger partial charge < -0.3 is 24.1 Å². The number of carbonyl (C=O) groups excluding carboxylic acids is 1. The molecule has 1 N–H and O–H groups in total. The standard InChI is InChI=1S/C11H12O6/c1-14-11(13)5-15-8-3-10-9(16-6-17-10)2-7(8)4-12/h2-3,12H,4-6H2,1H3. The third-order valence-corrected chi connectivity index (χ3v) is 2.30. The Morgan fingerprint density at radius 3 is 2.76 bits per heavy atom. The van der Waals surface area contributed by atoms with Crippen LogP contribution in [-0.2, 0) is 16.1 Å². The first-order valence-corrected chi connectivity index (χ1v) is 4.97. The molecule has 0 fully saturated rings. The summed E-state index contributed by atoms with van der Waals surface area (Å²) >= 11 is 0. The van der Waals surface area contributed by atoms with Crippen LogP contribution in [0.4, 0.5) is 0 Å². The molecule has 6 nitrogen and oxygen atoms in total. The van der Waals surface area contributed by atoms with Gasteiger partial charge in [-0.15, -0.1) is 0 Å². The van der Waals surface area contributed by atoms with Gasteiger partial charge in [-0.1, -0.05) is 0 Å². The third-order valence-electron chi connectivity index (χ3n) is 2.30. The molecule has 0 radical (unpaired) electrons. The number of carbonyl (C=O) groups is 1. The first-order chi connectivity index (χ1) is 8.24. The van der Waals surface area contributed by atoms with E-state index in [0.29, 0.717) is 22.8 Å². The highest BCUT2D eigenvalue weighted by atomic mass is 16.7. The van der Waals surface area contributed by atoms with Crippen molar-refractivity contribution in [1.29, 1.82) is 0 Å². The number of benzene rings is 1. The fraction of sp³-hybridized carbons (Fsp3) is 0.364. The van der Waals surface area contributed by atoms with E-state index in [4.69, 9.17) is 14.2 Å². The summed E-state index contributed by atoms with van der Waals surface area (Å²) in [6.07, 6.45) is 0. The van der Waals surface area contributed by atoms with Crippen LogP contribution in [-0.4, -0.2) is 31.6 Å². The Hall–Kier alpha value is -1.95. The zero-order valence-corrected chi connectivity index (χ0v) is 9.26. The van der Waals surface area contributed by atoms with E-state index in [2.05, 4.69) is 4.74 Å². The number of fused-ring (bicyclic) bond motifs is 1. The molecular weight excluding hydrogens is 228 g/mol. The second kappa shape index (κ2) is 4.92. The molecule has 1 aromatic carbocycles. The summed E-state index contributed by atoms with van der Waals surface area (Å²) in [6.45, 7) is -0.295. The molecule has 0 atom stereocenters. The Morgan fingerprint density at radius 2 is 2.12 bits per heavy atom. The zero-order valence-electron chi connectivity index (χ0n) is 9.26. The van der Waals surface area contributed by atoms with Gasteiger partial charge in [-0.2, -0.15) is 0 Å². The molecule has 1 aliphatic heterocycles. The monoisotopic (exact) mass is 240 g/mol. The smallest absolute Gasteiger partial charge is 0.343 e. The second-order valence-corrected chi connectivity index (χ2v) is 3.34. The number of esters is 1. The minimum absolute atomic E-state index is 0.140. The van der Waals surface area contributed by atoms with Crippen LogP contribution in [0.1, 0.15) is 5.56 Å². The normalized spacial score (nSPS) is 12.4. The fourth-order valence-corrected chi connectivity index (χ4v) is 1.42. The van der Waals surface area contributed by atoms with Crippen molar-refractivity contribution in [2.45, 2.75) is 6.61 Å². The van der Waals surface area contributed by atoms with Gasteiger partial charge in [0, 0.05) is 11.6 Å². The van der Waals surface area contributed by atoms with Gasteiger partial charge in [0.2, 0.25) is 6.79 Å². The number of methoxy groups -OCH3 is 1. The van der Waals surface area contributed by atoms with Crippen molar-refractivity contribution in [2.24, 2.45) is 0 Å². The van der Waals surface area contributed by atoms with Crippen LogP contribution in [0.25, 0.3) is 0 Å². The molecule has 0 aromatic heterocycles. The van der Waals surface area contributed by atoms with Gasteiger partial charge in [0.15, 0.2) is 18.1 Å². The molecule has 0 saturated carbocycles. The topological polar surface area (TPSA) is 74.2 Å². The van der Waals surface area contributed by atoms with Crippen LogP contribution in [0.15, 0.2) is 12.1 Å². The van der Waals surface area contributed by atoms with Crippen molar-refractivity contribution in [1.82, 2.24) is 0 Å². The molecule has 6 heteroatoms. The van der Waals surface area contributed by atoms with E-state index < -0.39 is 5.97 Å². The van der Waals surface area contributed by atoms with Crippen molar-refractivity contribution in [3.63, 3.8) is 0 Å². The van der Waals surface area contributed by atoms with Crippen molar-refractivity contribution < 1.29 is 28.8 Å². The molecule has 1 aliphatic rings. The van der Waals surface area contributed by atoms with E-state index in [9.17, 15) is 9.90 Å². The minimum atomic E-state index is -0.494. The Labute approximate surface area is 97.7 Å². The van der Waals surface area contributed by atoms with Crippen LogP contribution in [0.3, 0.4) is 0 Å². The highest BCUT2D eigenvalue weighted by Crippen LogP contribution is 2.38. The van der Waals surface area contributed by atoms with Crippen LogP contribution in [0.5, 0.6) is 17.2 Å². The Bertz CT molecular complexity index is 428. The number of hydrogen-bond acceptors (Lipinski definition) is 6. The molecular formula is C11H12O6. The number of ether oxygens (including phenoxy) is 4. The molecule has 0 spiro atoms. The summed E-state index contributed by atoms with van der Waals surface area (Å²) in [5, 5.41) is 9.18. The minimum Gasteiger partial charge on any atom is -0.481 e. The Morgan fingerprint density at radius 1 is 1.41 bits per heavy atom. The maximum absolute atomic E-state index is 11.0. The molecule has 0 amide bonds. The molecule has 0 bridgehead atoms. The van der Waals surface area contributed by atoms with E-state index in [1.54, 1.807) is 12.1 Å². The van der Waals surface area contributed by atoms with Crippen LogP contribution < -0.4 is 14.2 Å². The predicted octanol–water partition coefficient (Wildman–Crippen LogP) is 0.459. The van der Waals surface area contributed by atoms with E-state index in [1.165, 1.54) is 7.11 Å². The lowest BCUT2D eigenvalue weighted by Crippen LogP contribution is -2.13. The first kappa shape index (κ1) is 11.5. The number of aliphatic hydroxyl groups excluding tert-OH is 1. The van der Waals surface area contributed by atoms with Crippen molar-refractivity contribution >= 4 is 5.97 Å². The predicted molar refractivity (Wildman–Crippen MR) is 56.0 cm³/mol. The fourth-order valence-electron chi connectivity index (χ4n) is 1.42. The van der Waals surface area contributed by atoms with Gasteiger partial charge in [0.1, 0.15) is 5.75 Å². The average Bonchev–Trinajstić information content (AvgIpc) is 2.81. The van der Waals surface area contributed by atoms with Gasteiger partial charge in [0.25, 0.3) is 0 Å². The van der Waals surface area contributed by atoms with Crippen LogP contribution in [0.2, 0.25) is 0 Å². The lowest BCUT2D eigenvalue weighted by Gasteiger charge is -2.10. The quantitative estimate of drug-likeness (QED) is 0.771. The van der Waals surface area contributed by atoms with Gasteiger partial charge in [-0.3, -0.25) is 0 Å². The Balaban J connectivity index is 2.17. The van der Waals surface area contributed by atoms with E-state index >= 15 is 0 Å². The second-order valence-electron chi connectivity index (χ2n) is 3.34. The van der Waals surface area contributed by atoms with Crippen LogP contribution >= 0.6 is 0 Å². The highest BCUT2D eigenvalue weighted by Gasteiger charge is 2.18. The SMILES string of the molecule is COC(=O)COc1cc2c(cc1CO)OCO2.